The molecule has 2 aliphatic rings. The van der Waals surface area contributed by atoms with E-state index in [-0.39, 0.29) is 42.7 Å². The molecule has 2 aromatic rings. The third-order valence-corrected chi connectivity index (χ3v) is 8.28. The number of likely N-dealkylation sites (tertiary alicyclic amines) is 1. The molecule has 4 rings (SSSR count). The minimum Gasteiger partial charge on any atom is -0.391 e. The zero-order chi connectivity index (χ0) is 24.4. The second kappa shape index (κ2) is 10.6. The second-order valence-electron chi connectivity index (χ2n) is 9.37. The summed E-state index contributed by atoms with van der Waals surface area (Å²) in [4.78, 5) is 34.8. The summed E-state index contributed by atoms with van der Waals surface area (Å²) in [5, 5.41) is 13.3. The summed E-state index contributed by atoms with van der Waals surface area (Å²) in [6.07, 6.45) is 1.64. The zero-order valence-corrected chi connectivity index (χ0v) is 21.6. The van der Waals surface area contributed by atoms with Crippen LogP contribution in [-0.2, 0) is 16.1 Å². The van der Waals surface area contributed by atoms with Gasteiger partial charge in [-0.2, -0.15) is 0 Å². The molecule has 1 unspecified atom stereocenters. The number of aromatic nitrogens is 1. The molecule has 3 N–H and O–H groups in total. The van der Waals surface area contributed by atoms with Crippen LogP contribution in [-0.4, -0.2) is 51.5 Å². The zero-order valence-electron chi connectivity index (χ0n) is 19.9. The fourth-order valence-electron chi connectivity index (χ4n) is 4.67. The number of nitrogens with zero attached hydrogens (tertiary/aromatic N) is 2. The van der Waals surface area contributed by atoms with Gasteiger partial charge in [0.1, 0.15) is 6.04 Å². The van der Waals surface area contributed by atoms with Crippen molar-refractivity contribution in [2.24, 2.45) is 11.8 Å². The first-order valence-electron chi connectivity index (χ1n) is 11.6. The van der Waals surface area contributed by atoms with E-state index in [1.165, 1.54) is 11.9 Å². The quantitative estimate of drug-likeness (QED) is 0.504. The lowest BCUT2D eigenvalue weighted by atomic mass is 9.87. The number of aliphatic hydroxyl groups excluding tert-OH is 1. The van der Waals surface area contributed by atoms with Crippen LogP contribution in [0.5, 0.6) is 0 Å². The van der Waals surface area contributed by atoms with Gasteiger partial charge in [-0.25, -0.2) is 4.98 Å². The van der Waals surface area contributed by atoms with Crippen molar-refractivity contribution in [1.82, 2.24) is 19.9 Å². The van der Waals surface area contributed by atoms with Gasteiger partial charge < -0.3 is 15.3 Å². The van der Waals surface area contributed by atoms with Crippen molar-refractivity contribution < 1.29 is 14.7 Å². The fourth-order valence-corrected chi connectivity index (χ4v) is 6.23. The van der Waals surface area contributed by atoms with Gasteiger partial charge in [0.15, 0.2) is 0 Å². The fraction of sp³-hybridized carbons (Fsp3) is 0.480. The van der Waals surface area contributed by atoms with E-state index in [1.807, 2.05) is 57.5 Å². The van der Waals surface area contributed by atoms with Crippen LogP contribution < -0.4 is 10.0 Å². The molecular formula is C25H32N4O3S2. The molecule has 1 aromatic carbocycles. The Hall–Kier alpha value is -2.20. The molecule has 182 valence electrons. The van der Waals surface area contributed by atoms with Crippen LogP contribution in [0.4, 0.5) is 0 Å². The SMILES string of the molecule is CC1=CC([C@H](C(=O)N2C[C@H](O)C[C@H]2C(=O)NCc2ccc(-c3scnc3C)cc2)C(C)C)NS1. The van der Waals surface area contributed by atoms with Gasteiger partial charge in [-0.15, -0.1) is 11.3 Å². The third-order valence-electron chi connectivity index (χ3n) is 6.45. The lowest BCUT2D eigenvalue weighted by Gasteiger charge is -2.32. The summed E-state index contributed by atoms with van der Waals surface area (Å²) in [7, 11) is 0. The molecule has 0 radical (unpaired) electrons. The summed E-state index contributed by atoms with van der Waals surface area (Å²) < 4.78 is 3.32. The Bertz CT molecular complexity index is 1070. The van der Waals surface area contributed by atoms with Crippen LogP contribution in [0.1, 0.15) is 38.4 Å². The van der Waals surface area contributed by atoms with Crippen LogP contribution in [0, 0.1) is 18.8 Å². The Morgan fingerprint density at radius 3 is 2.59 bits per heavy atom. The average Bonchev–Trinajstić information content (AvgIpc) is 3.52. The number of aliphatic hydroxyl groups is 1. The molecule has 34 heavy (non-hydrogen) atoms. The number of β-amino-alcohol motifs (C(OH)–C–C–N with tert-alkyl or cyclic N) is 1. The Kier molecular flexibility index (Phi) is 7.77. The predicted molar refractivity (Wildman–Crippen MR) is 137 cm³/mol. The van der Waals surface area contributed by atoms with Gasteiger partial charge in [0.2, 0.25) is 11.8 Å². The van der Waals surface area contributed by atoms with Crippen LogP contribution in [0.25, 0.3) is 10.4 Å². The van der Waals surface area contributed by atoms with Crippen molar-refractivity contribution in [3.63, 3.8) is 0 Å². The number of carbonyl (C=O) groups excluding carboxylic acids is 2. The van der Waals surface area contributed by atoms with Crippen molar-refractivity contribution in [1.29, 1.82) is 0 Å². The van der Waals surface area contributed by atoms with Gasteiger partial charge in [0.25, 0.3) is 0 Å². The minimum atomic E-state index is -0.697. The molecule has 9 heteroatoms. The highest BCUT2D eigenvalue weighted by atomic mass is 32.2. The summed E-state index contributed by atoms with van der Waals surface area (Å²) in [5.41, 5.74) is 4.93. The van der Waals surface area contributed by atoms with Gasteiger partial charge in [0, 0.05) is 25.6 Å². The molecule has 0 aliphatic carbocycles. The first-order chi connectivity index (χ1) is 16.2. The number of hydrogen-bond donors (Lipinski definition) is 3. The molecule has 0 bridgehead atoms. The number of thiazole rings is 1. The average molecular weight is 501 g/mol. The molecule has 0 spiro atoms. The molecule has 2 amide bonds. The van der Waals surface area contributed by atoms with E-state index >= 15 is 0 Å². The molecule has 7 nitrogen and oxygen atoms in total. The molecule has 2 aliphatic heterocycles. The Balaban J connectivity index is 1.41. The van der Waals surface area contributed by atoms with E-state index in [9.17, 15) is 14.7 Å². The number of allylic oxidation sites excluding steroid dienone is 1. The number of hydrogen-bond acceptors (Lipinski definition) is 7. The minimum absolute atomic E-state index is 0.0833. The Morgan fingerprint density at radius 2 is 2.00 bits per heavy atom. The van der Waals surface area contributed by atoms with Crippen LogP contribution in [0.15, 0.2) is 40.8 Å². The summed E-state index contributed by atoms with van der Waals surface area (Å²) >= 11 is 3.14. The maximum absolute atomic E-state index is 13.5. The van der Waals surface area contributed by atoms with E-state index in [1.54, 1.807) is 16.2 Å². The van der Waals surface area contributed by atoms with Gasteiger partial charge in [-0.1, -0.05) is 44.2 Å². The van der Waals surface area contributed by atoms with E-state index in [2.05, 4.69) is 21.1 Å². The maximum Gasteiger partial charge on any atom is 0.243 e. The van der Waals surface area contributed by atoms with E-state index in [0.29, 0.717) is 6.54 Å². The van der Waals surface area contributed by atoms with Crippen LogP contribution >= 0.6 is 23.3 Å². The number of rotatable bonds is 7. The van der Waals surface area contributed by atoms with Crippen LogP contribution in [0.2, 0.25) is 0 Å². The summed E-state index contributed by atoms with van der Waals surface area (Å²) in [5.74, 6) is -0.515. The van der Waals surface area contributed by atoms with Crippen molar-refractivity contribution in [3.05, 3.63) is 52.0 Å². The van der Waals surface area contributed by atoms with Gasteiger partial charge in [-0.3, -0.25) is 14.3 Å². The maximum atomic E-state index is 13.5. The smallest absolute Gasteiger partial charge is 0.243 e. The number of carbonyl (C=O) groups is 2. The summed E-state index contributed by atoms with van der Waals surface area (Å²) in [6.45, 7) is 8.61. The van der Waals surface area contributed by atoms with E-state index < -0.39 is 12.1 Å². The van der Waals surface area contributed by atoms with Gasteiger partial charge in [-0.05, 0) is 47.7 Å². The molecule has 1 saturated heterocycles. The van der Waals surface area contributed by atoms with Gasteiger partial charge in [0.05, 0.1) is 28.1 Å². The monoisotopic (exact) mass is 500 g/mol. The normalized spacial score (nSPS) is 23.3. The highest BCUT2D eigenvalue weighted by Crippen LogP contribution is 2.32. The lowest BCUT2D eigenvalue weighted by Crippen LogP contribution is -2.51. The highest BCUT2D eigenvalue weighted by Gasteiger charge is 2.44. The van der Waals surface area contributed by atoms with Crippen LogP contribution in [0.3, 0.4) is 0 Å². The Labute approximate surface area is 209 Å². The lowest BCUT2D eigenvalue weighted by molar-refractivity contribution is -0.143. The van der Waals surface area contributed by atoms with E-state index in [0.717, 1.165) is 26.6 Å². The third kappa shape index (κ3) is 5.38. The standard InChI is InChI=1S/C25H32N4O3S2/c1-14(2)22(20-9-15(3)34-28-20)25(32)29-12-19(30)10-21(29)24(31)26-11-17-5-7-18(8-6-17)23-16(4)27-13-33-23/h5-9,13-14,19-22,28,30H,10-12H2,1-4H3,(H,26,31)/t19-,20?,21+,22-/m1/s1. The molecule has 3 heterocycles. The largest absolute Gasteiger partial charge is 0.391 e. The van der Waals surface area contributed by atoms with Crippen molar-refractivity contribution in [2.75, 3.05) is 6.54 Å². The number of aryl methyl sites for hydroxylation is 1. The molecular weight excluding hydrogens is 468 g/mol. The highest BCUT2D eigenvalue weighted by molar-refractivity contribution is 8.01. The van der Waals surface area contributed by atoms with Crippen molar-refractivity contribution >= 4 is 35.1 Å². The van der Waals surface area contributed by atoms with Crippen molar-refractivity contribution in [3.8, 4) is 10.4 Å². The van der Waals surface area contributed by atoms with Gasteiger partial charge >= 0.3 is 0 Å². The molecule has 1 fully saturated rings. The summed E-state index contributed by atoms with van der Waals surface area (Å²) in [6, 6.07) is 7.31. The Morgan fingerprint density at radius 1 is 1.26 bits per heavy atom. The molecule has 4 atom stereocenters. The second-order valence-corrected chi connectivity index (χ2v) is 11.3. The topological polar surface area (TPSA) is 94.6 Å². The number of amides is 2. The number of benzene rings is 1. The molecule has 1 aromatic heterocycles. The number of nitrogens with one attached hydrogen (secondary N) is 2. The predicted octanol–water partition coefficient (Wildman–Crippen LogP) is 3.49. The van der Waals surface area contributed by atoms with Crippen molar-refractivity contribution in [2.45, 2.75) is 58.8 Å². The first-order valence-corrected chi connectivity index (χ1v) is 13.3. The first kappa shape index (κ1) is 24.9. The van der Waals surface area contributed by atoms with E-state index in [4.69, 9.17) is 0 Å². The molecule has 0 saturated carbocycles.